The summed E-state index contributed by atoms with van der Waals surface area (Å²) in [7, 11) is 0. The largest absolute Gasteiger partial charge is 0.333 e. The summed E-state index contributed by atoms with van der Waals surface area (Å²) in [6.45, 7) is 4.48. The van der Waals surface area contributed by atoms with Gasteiger partial charge in [-0.15, -0.1) is 0 Å². The molecule has 8 heteroatoms. The van der Waals surface area contributed by atoms with Crippen LogP contribution in [0.15, 0.2) is 43.2 Å². The second kappa shape index (κ2) is 6.46. The fourth-order valence-electron chi connectivity index (χ4n) is 3.23. The molecule has 1 unspecified atom stereocenters. The van der Waals surface area contributed by atoms with Gasteiger partial charge in [0.25, 0.3) is 5.91 Å². The molecule has 0 bridgehead atoms. The average Bonchev–Trinajstić information content (AvgIpc) is 3.23. The van der Waals surface area contributed by atoms with Crippen LogP contribution in [0.3, 0.4) is 0 Å². The third-order valence-electron chi connectivity index (χ3n) is 4.37. The van der Waals surface area contributed by atoms with Crippen molar-refractivity contribution < 1.29 is 4.79 Å². The number of aryl methyl sites for hydroxylation is 1. The molecule has 0 radical (unpaired) electrons. The minimum atomic E-state index is -0.0660. The van der Waals surface area contributed by atoms with E-state index in [1.807, 2.05) is 30.2 Å². The Morgan fingerprint density at radius 3 is 3.04 bits per heavy atom. The van der Waals surface area contributed by atoms with E-state index in [0.29, 0.717) is 25.3 Å². The molecule has 1 aliphatic rings. The van der Waals surface area contributed by atoms with Crippen LogP contribution < -0.4 is 0 Å². The van der Waals surface area contributed by atoms with Gasteiger partial charge in [-0.05, 0) is 19.1 Å². The Bertz CT molecular complexity index is 871. The zero-order chi connectivity index (χ0) is 17.2. The molecule has 0 saturated carbocycles. The maximum atomic E-state index is 13.0. The lowest BCUT2D eigenvalue weighted by Gasteiger charge is -2.23. The number of rotatable bonds is 3. The lowest BCUT2D eigenvalue weighted by Crippen LogP contribution is -2.36. The zero-order valence-electron chi connectivity index (χ0n) is 14.0. The van der Waals surface area contributed by atoms with Gasteiger partial charge in [-0.25, -0.2) is 15.0 Å². The molecule has 0 fully saturated rings. The van der Waals surface area contributed by atoms with Gasteiger partial charge in [0, 0.05) is 43.6 Å². The predicted octanol–water partition coefficient (Wildman–Crippen LogP) is 1.15. The number of amides is 1. The van der Waals surface area contributed by atoms with Gasteiger partial charge in [-0.1, -0.05) is 6.07 Å². The Hall–Kier alpha value is -3.03. The first-order chi connectivity index (χ1) is 12.2. The van der Waals surface area contributed by atoms with E-state index >= 15 is 0 Å². The summed E-state index contributed by atoms with van der Waals surface area (Å²) >= 11 is 0. The smallest absolute Gasteiger partial charge is 0.272 e. The molecule has 4 heterocycles. The third-order valence-corrected chi connectivity index (χ3v) is 4.37. The van der Waals surface area contributed by atoms with E-state index in [1.54, 1.807) is 23.3 Å². The van der Waals surface area contributed by atoms with Crippen LogP contribution in [0.25, 0.3) is 0 Å². The highest BCUT2D eigenvalue weighted by Gasteiger charge is 2.27. The molecular weight excluding hydrogens is 318 g/mol. The van der Waals surface area contributed by atoms with E-state index in [-0.39, 0.29) is 11.8 Å². The molecule has 0 aliphatic carbocycles. The fraction of sp³-hybridized carbons (Fsp3) is 0.353. The summed E-state index contributed by atoms with van der Waals surface area (Å²) in [6, 6.07) is 5.51. The topological polar surface area (TPSA) is 81.7 Å². The summed E-state index contributed by atoms with van der Waals surface area (Å²) in [5, 5.41) is 4.19. The van der Waals surface area contributed by atoms with Gasteiger partial charge in [-0.3, -0.25) is 9.48 Å². The molecule has 4 rings (SSSR count). The van der Waals surface area contributed by atoms with E-state index in [1.165, 1.54) is 6.33 Å². The number of hydrogen-bond donors (Lipinski definition) is 0. The first kappa shape index (κ1) is 15.5. The molecule has 1 aliphatic heterocycles. The Labute approximate surface area is 145 Å². The van der Waals surface area contributed by atoms with E-state index in [4.69, 9.17) is 0 Å². The van der Waals surface area contributed by atoms with Crippen LogP contribution in [0, 0.1) is 12.8 Å². The van der Waals surface area contributed by atoms with E-state index in [9.17, 15) is 4.79 Å². The number of carbonyl (C=O) groups excluding carboxylic acids is 1. The highest BCUT2D eigenvalue weighted by Crippen LogP contribution is 2.18. The van der Waals surface area contributed by atoms with Crippen molar-refractivity contribution in [2.24, 2.45) is 5.92 Å². The zero-order valence-corrected chi connectivity index (χ0v) is 14.0. The van der Waals surface area contributed by atoms with Crippen LogP contribution >= 0.6 is 0 Å². The highest BCUT2D eigenvalue weighted by atomic mass is 16.2. The molecule has 3 aromatic heterocycles. The van der Waals surface area contributed by atoms with Gasteiger partial charge in [0.1, 0.15) is 24.2 Å². The third kappa shape index (κ3) is 3.28. The van der Waals surface area contributed by atoms with Gasteiger partial charge in [-0.2, -0.15) is 5.10 Å². The van der Waals surface area contributed by atoms with Crippen LogP contribution in [-0.4, -0.2) is 46.7 Å². The number of hydrogen-bond acceptors (Lipinski definition) is 5. The van der Waals surface area contributed by atoms with Crippen molar-refractivity contribution in [2.75, 3.05) is 6.54 Å². The van der Waals surface area contributed by atoms with Crippen molar-refractivity contribution in [1.82, 2.24) is 34.2 Å². The van der Waals surface area contributed by atoms with Crippen molar-refractivity contribution in [1.29, 1.82) is 0 Å². The summed E-state index contributed by atoms with van der Waals surface area (Å²) in [5.41, 5.74) is 1.31. The number of fused-ring (bicyclic) bond motifs is 1. The maximum Gasteiger partial charge on any atom is 0.272 e. The van der Waals surface area contributed by atoms with Gasteiger partial charge in [0.15, 0.2) is 0 Å². The number of nitrogens with zero attached hydrogens (tertiary/aromatic N) is 7. The first-order valence-electron chi connectivity index (χ1n) is 8.24. The molecule has 128 valence electrons. The highest BCUT2D eigenvalue weighted by molar-refractivity contribution is 5.92. The second-order valence-electron chi connectivity index (χ2n) is 6.33. The van der Waals surface area contributed by atoms with Gasteiger partial charge in [0.05, 0.1) is 6.54 Å². The maximum absolute atomic E-state index is 13.0. The summed E-state index contributed by atoms with van der Waals surface area (Å²) in [4.78, 5) is 27.6. The van der Waals surface area contributed by atoms with Crippen LogP contribution in [0.2, 0.25) is 0 Å². The van der Waals surface area contributed by atoms with Crippen molar-refractivity contribution >= 4 is 5.91 Å². The van der Waals surface area contributed by atoms with Crippen molar-refractivity contribution in [3.05, 3.63) is 60.5 Å². The molecule has 0 N–H and O–H groups in total. The van der Waals surface area contributed by atoms with Gasteiger partial charge in [0.2, 0.25) is 0 Å². The molecule has 25 heavy (non-hydrogen) atoms. The SMILES string of the molecule is Cc1cccc(C(=O)N2Cc3nccn3CC(Cn3cncn3)C2)n1. The molecule has 8 nitrogen and oxygen atoms in total. The van der Waals surface area contributed by atoms with Gasteiger partial charge < -0.3 is 9.47 Å². The molecule has 1 amide bonds. The van der Waals surface area contributed by atoms with Crippen LogP contribution in [0.1, 0.15) is 22.0 Å². The second-order valence-corrected chi connectivity index (χ2v) is 6.33. The number of pyridine rings is 1. The van der Waals surface area contributed by atoms with E-state index in [0.717, 1.165) is 18.1 Å². The van der Waals surface area contributed by atoms with Gasteiger partial charge >= 0.3 is 0 Å². The van der Waals surface area contributed by atoms with Crippen molar-refractivity contribution in [3.8, 4) is 0 Å². The first-order valence-corrected chi connectivity index (χ1v) is 8.24. The average molecular weight is 337 g/mol. The Morgan fingerprint density at radius 2 is 2.24 bits per heavy atom. The fourth-order valence-corrected chi connectivity index (χ4v) is 3.23. The minimum absolute atomic E-state index is 0.0660. The number of carbonyl (C=O) groups is 1. The summed E-state index contributed by atoms with van der Waals surface area (Å²) < 4.78 is 3.92. The quantitative estimate of drug-likeness (QED) is 0.716. The molecule has 0 spiro atoms. The standard InChI is InChI=1S/C17H19N7O/c1-13-3-2-4-15(21-13)17(25)23-8-14(9-24-12-18-11-20-24)7-22-6-5-19-16(22)10-23/h2-6,11-12,14H,7-10H2,1H3. The summed E-state index contributed by atoms with van der Waals surface area (Å²) in [6.07, 6.45) is 6.97. The van der Waals surface area contributed by atoms with Crippen LogP contribution in [0.4, 0.5) is 0 Å². The number of imidazole rings is 1. The minimum Gasteiger partial charge on any atom is -0.333 e. The van der Waals surface area contributed by atoms with Crippen molar-refractivity contribution in [2.45, 2.75) is 26.6 Å². The molecule has 3 aromatic rings. The molecular formula is C17H19N7O. The van der Waals surface area contributed by atoms with Crippen molar-refractivity contribution in [3.63, 3.8) is 0 Å². The lowest BCUT2D eigenvalue weighted by molar-refractivity contribution is 0.0706. The summed E-state index contributed by atoms with van der Waals surface area (Å²) in [5.74, 6) is 1.04. The predicted molar refractivity (Wildman–Crippen MR) is 89.5 cm³/mol. The molecule has 0 saturated heterocycles. The Balaban J connectivity index is 1.61. The lowest BCUT2D eigenvalue weighted by atomic mass is 10.1. The van der Waals surface area contributed by atoms with E-state index in [2.05, 4.69) is 24.6 Å². The Morgan fingerprint density at radius 1 is 1.32 bits per heavy atom. The monoisotopic (exact) mass is 337 g/mol. The van der Waals surface area contributed by atoms with Crippen LogP contribution in [-0.2, 0) is 19.6 Å². The molecule has 0 aromatic carbocycles. The van der Waals surface area contributed by atoms with E-state index < -0.39 is 0 Å². The molecule has 1 atom stereocenters. The van der Waals surface area contributed by atoms with Crippen LogP contribution in [0.5, 0.6) is 0 Å². The number of aromatic nitrogens is 6. The normalized spacial score (nSPS) is 17.2. The Kier molecular flexibility index (Phi) is 4.01.